The number of hydrogen-bond acceptors (Lipinski definition) is 4. The highest BCUT2D eigenvalue weighted by Gasteiger charge is 2.04. The van der Waals surface area contributed by atoms with Crippen molar-refractivity contribution in [2.75, 3.05) is 7.11 Å². The minimum atomic E-state index is 0.460. The summed E-state index contributed by atoms with van der Waals surface area (Å²) in [4.78, 5) is 4.19. The number of hydrogen-bond donors (Lipinski definition) is 1. The van der Waals surface area contributed by atoms with Gasteiger partial charge in [0, 0.05) is 24.8 Å². The minimum absolute atomic E-state index is 0.460. The van der Waals surface area contributed by atoms with Gasteiger partial charge in [-0.2, -0.15) is 11.3 Å². The van der Waals surface area contributed by atoms with Gasteiger partial charge in [0.1, 0.15) is 0 Å². The van der Waals surface area contributed by atoms with Crippen molar-refractivity contribution >= 4 is 11.3 Å². The molecule has 3 nitrogen and oxygen atoms in total. The molecule has 0 saturated carbocycles. The third kappa shape index (κ3) is 3.82. The van der Waals surface area contributed by atoms with Crippen LogP contribution in [0, 0.1) is 0 Å². The summed E-state index contributed by atoms with van der Waals surface area (Å²) in [5.74, 6) is 0.657. The lowest BCUT2D eigenvalue weighted by Crippen LogP contribution is -2.27. The van der Waals surface area contributed by atoms with Crippen molar-refractivity contribution in [1.29, 1.82) is 0 Å². The van der Waals surface area contributed by atoms with Crippen LogP contribution in [0.15, 0.2) is 35.2 Å². The highest BCUT2D eigenvalue weighted by molar-refractivity contribution is 7.07. The molecule has 0 bridgehead atoms. The quantitative estimate of drug-likeness (QED) is 0.869. The number of rotatable bonds is 6. The van der Waals surface area contributed by atoms with E-state index < -0.39 is 0 Å². The maximum Gasteiger partial charge on any atom is 0.212 e. The highest BCUT2D eigenvalue weighted by Crippen LogP contribution is 2.10. The second kappa shape index (κ2) is 6.52. The molecule has 0 amide bonds. The van der Waals surface area contributed by atoms with E-state index in [1.54, 1.807) is 18.4 Å². The van der Waals surface area contributed by atoms with E-state index >= 15 is 0 Å². The van der Waals surface area contributed by atoms with E-state index in [1.165, 1.54) is 11.1 Å². The second-order valence-corrected chi connectivity index (χ2v) is 5.11. The van der Waals surface area contributed by atoms with Gasteiger partial charge in [-0.05, 0) is 41.3 Å². The lowest BCUT2D eigenvalue weighted by molar-refractivity contribution is 0.397. The Morgan fingerprint density at radius 3 is 2.83 bits per heavy atom. The van der Waals surface area contributed by atoms with Crippen molar-refractivity contribution in [2.24, 2.45) is 0 Å². The van der Waals surface area contributed by atoms with Crippen LogP contribution in [0.3, 0.4) is 0 Å². The van der Waals surface area contributed by atoms with Gasteiger partial charge in [0.2, 0.25) is 5.88 Å². The van der Waals surface area contributed by atoms with Gasteiger partial charge in [0.15, 0.2) is 0 Å². The highest BCUT2D eigenvalue weighted by atomic mass is 32.1. The van der Waals surface area contributed by atoms with Crippen molar-refractivity contribution < 1.29 is 4.74 Å². The van der Waals surface area contributed by atoms with E-state index in [4.69, 9.17) is 4.74 Å². The average Bonchev–Trinajstić information content (AvgIpc) is 2.90. The average molecular weight is 262 g/mol. The third-order valence-electron chi connectivity index (χ3n) is 2.78. The van der Waals surface area contributed by atoms with Crippen LogP contribution in [0.4, 0.5) is 0 Å². The van der Waals surface area contributed by atoms with Gasteiger partial charge < -0.3 is 10.1 Å². The number of ether oxygens (including phenoxy) is 1. The van der Waals surface area contributed by atoms with Crippen molar-refractivity contribution in [3.8, 4) is 5.88 Å². The molecule has 2 aromatic rings. The van der Waals surface area contributed by atoms with E-state index in [9.17, 15) is 0 Å². The second-order valence-electron chi connectivity index (χ2n) is 4.33. The van der Waals surface area contributed by atoms with Crippen LogP contribution in [0.2, 0.25) is 0 Å². The van der Waals surface area contributed by atoms with E-state index in [0.29, 0.717) is 11.9 Å². The Balaban J connectivity index is 1.79. The molecular formula is C14H18N2OS. The smallest absolute Gasteiger partial charge is 0.212 e. The standard InChI is InChI=1S/C14H18N2OS/c1-11(7-12-5-6-18-10-12)15-8-13-3-4-14(17-2)16-9-13/h3-6,9-11,15H,7-8H2,1-2H3/t11-/m0/s1. The van der Waals surface area contributed by atoms with Gasteiger partial charge in [0.05, 0.1) is 7.11 Å². The molecule has 0 aliphatic heterocycles. The summed E-state index contributed by atoms with van der Waals surface area (Å²) in [6, 6.07) is 6.57. The van der Waals surface area contributed by atoms with Crippen LogP contribution < -0.4 is 10.1 Å². The molecule has 0 aliphatic carbocycles. The number of pyridine rings is 1. The zero-order valence-corrected chi connectivity index (χ0v) is 11.5. The molecule has 1 N–H and O–H groups in total. The van der Waals surface area contributed by atoms with Crippen LogP contribution in [0.1, 0.15) is 18.1 Å². The number of aromatic nitrogens is 1. The molecule has 0 spiro atoms. The molecule has 2 heterocycles. The summed E-state index contributed by atoms with van der Waals surface area (Å²) < 4.78 is 5.03. The fraction of sp³-hybridized carbons (Fsp3) is 0.357. The van der Waals surface area contributed by atoms with Gasteiger partial charge >= 0.3 is 0 Å². The van der Waals surface area contributed by atoms with Crippen LogP contribution in [0.5, 0.6) is 5.88 Å². The maximum atomic E-state index is 5.03. The van der Waals surface area contributed by atoms with Crippen molar-refractivity contribution in [2.45, 2.75) is 25.9 Å². The van der Waals surface area contributed by atoms with Gasteiger partial charge in [-0.15, -0.1) is 0 Å². The van der Waals surface area contributed by atoms with Crippen LogP contribution in [-0.2, 0) is 13.0 Å². The molecule has 0 saturated heterocycles. The zero-order chi connectivity index (χ0) is 12.8. The Labute approximate surface area is 112 Å². The molecule has 0 radical (unpaired) electrons. The molecule has 18 heavy (non-hydrogen) atoms. The van der Waals surface area contributed by atoms with E-state index in [-0.39, 0.29) is 0 Å². The fourth-order valence-corrected chi connectivity index (χ4v) is 2.44. The first kappa shape index (κ1) is 13.1. The molecule has 0 aliphatic rings. The first-order valence-electron chi connectivity index (χ1n) is 6.01. The predicted molar refractivity (Wildman–Crippen MR) is 75.1 cm³/mol. The van der Waals surface area contributed by atoms with Crippen molar-refractivity contribution in [3.63, 3.8) is 0 Å². The first-order chi connectivity index (χ1) is 8.78. The lowest BCUT2D eigenvalue weighted by atomic mass is 10.1. The van der Waals surface area contributed by atoms with Crippen molar-refractivity contribution in [3.05, 3.63) is 46.3 Å². The number of nitrogens with zero attached hydrogens (tertiary/aromatic N) is 1. The van der Waals surface area contributed by atoms with E-state index in [2.05, 4.69) is 34.1 Å². The molecule has 2 rings (SSSR count). The molecule has 2 aromatic heterocycles. The van der Waals surface area contributed by atoms with Crippen LogP contribution in [-0.4, -0.2) is 18.1 Å². The van der Waals surface area contributed by atoms with E-state index in [1.807, 2.05) is 18.3 Å². The Hall–Kier alpha value is -1.39. The number of nitrogens with one attached hydrogen (secondary N) is 1. The summed E-state index contributed by atoms with van der Waals surface area (Å²) in [5, 5.41) is 7.82. The zero-order valence-electron chi connectivity index (χ0n) is 10.7. The van der Waals surface area contributed by atoms with Gasteiger partial charge in [0.25, 0.3) is 0 Å². The van der Waals surface area contributed by atoms with Crippen LogP contribution >= 0.6 is 11.3 Å². The number of thiophene rings is 1. The summed E-state index contributed by atoms with van der Waals surface area (Å²) in [6.07, 6.45) is 2.91. The van der Waals surface area contributed by atoms with Crippen molar-refractivity contribution in [1.82, 2.24) is 10.3 Å². The molecule has 1 atom stereocenters. The first-order valence-corrected chi connectivity index (χ1v) is 6.95. The summed E-state index contributed by atoms with van der Waals surface area (Å²) in [7, 11) is 1.63. The summed E-state index contributed by atoms with van der Waals surface area (Å²) in [6.45, 7) is 3.04. The Morgan fingerprint density at radius 2 is 2.22 bits per heavy atom. The SMILES string of the molecule is COc1ccc(CN[C@@H](C)Cc2ccsc2)cn1. The third-order valence-corrected chi connectivity index (χ3v) is 3.52. The molecule has 0 fully saturated rings. The van der Waals surface area contributed by atoms with Crippen LogP contribution in [0.25, 0.3) is 0 Å². The molecule has 96 valence electrons. The topological polar surface area (TPSA) is 34.1 Å². The Kier molecular flexibility index (Phi) is 4.73. The normalized spacial score (nSPS) is 12.3. The van der Waals surface area contributed by atoms with Gasteiger partial charge in [-0.25, -0.2) is 4.98 Å². The number of methoxy groups -OCH3 is 1. The maximum absolute atomic E-state index is 5.03. The molecule has 0 unspecified atom stereocenters. The fourth-order valence-electron chi connectivity index (χ4n) is 1.76. The summed E-state index contributed by atoms with van der Waals surface area (Å²) >= 11 is 1.75. The monoisotopic (exact) mass is 262 g/mol. The summed E-state index contributed by atoms with van der Waals surface area (Å²) in [5.41, 5.74) is 2.57. The lowest BCUT2D eigenvalue weighted by Gasteiger charge is -2.13. The molecule has 4 heteroatoms. The minimum Gasteiger partial charge on any atom is -0.481 e. The van der Waals surface area contributed by atoms with Gasteiger partial charge in [-0.1, -0.05) is 6.07 Å². The Morgan fingerprint density at radius 1 is 1.33 bits per heavy atom. The Bertz CT molecular complexity index is 453. The molecular weight excluding hydrogens is 244 g/mol. The van der Waals surface area contributed by atoms with Gasteiger partial charge in [-0.3, -0.25) is 0 Å². The largest absolute Gasteiger partial charge is 0.481 e. The predicted octanol–water partition coefficient (Wildman–Crippen LogP) is 2.87. The van der Waals surface area contributed by atoms with E-state index in [0.717, 1.165) is 13.0 Å². The molecule has 0 aromatic carbocycles.